The molecule has 1 N–H and O–H groups in total. The summed E-state index contributed by atoms with van der Waals surface area (Å²) in [5, 5.41) is 10.3. The first-order valence-corrected chi connectivity index (χ1v) is 6.72. The second-order valence-corrected chi connectivity index (χ2v) is 5.48. The van der Waals surface area contributed by atoms with Crippen molar-refractivity contribution in [2.24, 2.45) is 5.92 Å². The van der Waals surface area contributed by atoms with E-state index in [2.05, 4.69) is 6.07 Å². The van der Waals surface area contributed by atoms with E-state index in [4.69, 9.17) is 4.74 Å². The predicted octanol–water partition coefficient (Wildman–Crippen LogP) is 2.85. The van der Waals surface area contributed by atoms with Crippen LogP contribution in [0.2, 0.25) is 0 Å². The second-order valence-electron chi connectivity index (χ2n) is 5.48. The van der Waals surface area contributed by atoms with Crippen LogP contribution < -0.4 is 0 Å². The summed E-state index contributed by atoms with van der Waals surface area (Å²) in [5.41, 5.74) is 3.05. The first-order valence-electron chi connectivity index (χ1n) is 6.72. The van der Waals surface area contributed by atoms with Crippen LogP contribution in [0.3, 0.4) is 0 Å². The molecule has 1 aromatic carbocycles. The van der Waals surface area contributed by atoms with Gasteiger partial charge in [0, 0.05) is 17.9 Å². The SMILES string of the molecule is COC1=CC2CCc3ccc(C)c(O)c3C2CC1=O. The van der Waals surface area contributed by atoms with Gasteiger partial charge in [-0.1, -0.05) is 12.1 Å². The van der Waals surface area contributed by atoms with E-state index in [9.17, 15) is 9.90 Å². The van der Waals surface area contributed by atoms with E-state index >= 15 is 0 Å². The van der Waals surface area contributed by atoms with E-state index in [1.165, 1.54) is 5.56 Å². The number of Topliss-reactive ketones (excluding diaryl/α,β-unsaturated/α-hetero) is 1. The molecule has 100 valence electrons. The van der Waals surface area contributed by atoms with Crippen molar-refractivity contribution in [1.29, 1.82) is 0 Å². The zero-order chi connectivity index (χ0) is 13.6. The summed E-state index contributed by atoms with van der Waals surface area (Å²) in [6.07, 6.45) is 4.35. The van der Waals surface area contributed by atoms with Gasteiger partial charge >= 0.3 is 0 Å². The van der Waals surface area contributed by atoms with E-state index in [-0.39, 0.29) is 11.7 Å². The first-order chi connectivity index (χ1) is 9.11. The minimum Gasteiger partial charge on any atom is -0.507 e. The number of fused-ring (bicyclic) bond motifs is 3. The summed E-state index contributed by atoms with van der Waals surface area (Å²) < 4.78 is 5.14. The molecular weight excluding hydrogens is 240 g/mol. The van der Waals surface area contributed by atoms with Gasteiger partial charge in [-0.3, -0.25) is 4.79 Å². The number of ether oxygens (including phenoxy) is 1. The summed E-state index contributed by atoms with van der Waals surface area (Å²) in [4.78, 5) is 12.0. The van der Waals surface area contributed by atoms with Crippen LogP contribution in [-0.2, 0) is 16.0 Å². The third kappa shape index (κ3) is 1.84. The summed E-state index contributed by atoms with van der Waals surface area (Å²) >= 11 is 0. The Morgan fingerprint density at radius 3 is 2.89 bits per heavy atom. The highest BCUT2D eigenvalue weighted by atomic mass is 16.5. The average molecular weight is 258 g/mol. The maximum Gasteiger partial charge on any atom is 0.197 e. The number of ketones is 1. The van der Waals surface area contributed by atoms with Crippen LogP contribution in [0, 0.1) is 12.8 Å². The molecule has 1 aromatic rings. The van der Waals surface area contributed by atoms with Crippen LogP contribution in [-0.4, -0.2) is 18.0 Å². The van der Waals surface area contributed by atoms with Gasteiger partial charge < -0.3 is 9.84 Å². The lowest BCUT2D eigenvalue weighted by atomic mass is 9.69. The van der Waals surface area contributed by atoms with Gasteiger partial charge in [-0.25, -0.2) is 0 Å². The molecule has 3 rings (SSSR count). The predicted molar refractivity (Wildman–Crippen MR) is 72.1 cm³/mol. The number of phenols is 1. The zero-order valence-electron chi connectivity index (χ0n) is 11.3. The van der Waals surface area contributed by atoms with Gasteiger partial charge in [0.15, 0.2) is 11.5 Å². The van der Waals surface area contributed by atoms with Gasteiger partial charge in [0.25, 0.3) is 0 Å². The standard InChI is InChI=1S/C16H18O3/c1-9-3-4-10-5-6-11-7-14(19-2)13(17)8-12(11)15(10)16(9)18/h3-4,7,11-12,18H,5-6,8H2,1-2H3. The van der Waals surface area contributed by atoms with Gasteiger partial charge in [0.1, 0.15) is 5.75 Å². The number of rotatable bonds is 1. The molecule has 0 saturated carbocycles. The molecule has 0 saturated heterocycles. The van der Waals surface area contributed by atoms with Crippen LogP contribution in [0.5, 0.6) is 5.75 Å². The molecule has 0 amide bonds. The van der Waals surface area contributed by atoms with E-state index in [0.717, 1.165) is 24.0 Å². The fourth-order valence-electron chi connectivity index (χ4n) is 3.35. The van der Waals surface area contributed by atoms with Crippen molar-refractivity contribution in [3.8, 4) is 5.75 Å². The number of hydrogen-bond acceptors (Lipinski definition) is 3. The molecule has 0 spiro atoms. The van der Waals surface area contributed by atoms with Gasteiger partial charge in [0.2, 0.25) is 0 Å². The number of methoxy groups -OCH3 is 1. The Balaban J connectivity index is 2.09. The van der Waals surface area contributed by atoms with Crippen molar-refractivity contribution in [3.63, 3.8) is 0 Å². The number of allylic oxidation sites excluding steroid dienone is 2. The minimum atomic E-state index is 0.0394. The van der Waals surface area contributed by atoms with Gasteiger partial charge in [-0.2, -0.15) is 0 Å². The molecule has 0 bridgehead atoms. The smallest absolute Gasteiger partial charge is 0.197 e. The number of hydrogen-bond donors (Lipinski definition) is 1. The lowest BCUT2D eigenvalue weighted by Gasteiger charge is -2.35. The largest absolute Gasteiger partial charge is 0.507 e. The Morgan fingerprint density at radius 2 is 2.16 bits per heavy atom. The maximum atomic E-state index is 12.0. The van der Waals surface area contributed by atoms with Crippen LogP contribution in [0.4, 0.5) is 0 Å². The molecule has 0 aliphatic heterocycles. The Hall–Kier alpha value is -1.77. The number of aromatic hydroxyl groups is 1. The average Bonchev–Trinajstić information content (AvgIpc) is 2.41. The van der Waals surface area contributed by atoms with Crippen LogP contribution in [0.15, 0.2) is 24.0 Å². The summed E-state index contributed by atoms with van der Waals surface area (Å²) in [5.74, 6) is 1.30. The van der Waals surface area contributed by atoms with E-state index in [0.29, 0.717) is 23.8 Å². The third-order valence-electron chi connectivity index (χ3n) is 4.41. The molecule has 0 fully saturated rings. The molecular formula is C16H18O3. The van der Waals surface area contributed by atoms with E-state index in [1.54, 1.807) is 7.11 Å². The second kappa shape index (κ2) is 4.41. The Labute approximate surface area is 112 Å². The molecule has 3 heteroatoms. The highest BCUT2D eigenvalue weighted by Gasteiger charge is 2.37. The highest BCUT2D eigenvalue weighted by molar-refractivity contribution is 5.95. The summed E-state index contributed by atoms with van der Waals surface area (Å²) in [6, 6.07) is 4.04. The van der Waals surface area contributed by atoms with E-state index in [1.807, 2.05) is 19.1 Å². The molecule has 2 aliphatic rings. The van der Waals surface area contributed by atoms with E-state index < -0.39 is 0 Å². The van der Waals surface area contributed by atoms with Crippen LogP contribution in [0.1, 0.15) is 35.4 Å². The molecule has 2 aliphatic carbocycles. The van der Waals surface area contributed by atoms with Crippen molar-refractivity contribution in [2.45, 2.75) is 32.1 Å². The molecule has 19 heavy (non-hydrogen) atoms. The normalized spacial score (nSPS) is 25.4. The molecule has 2 unspecified atom stereocenters. The van der Waals surface area contributed by atoms with Gasteiger partial charge in [-0.15, -0.1) is 0 Å². The maximum absolute atomic E-state index is 12.0. The van der Waals surface area contributed by atoms with Crippen molar-refractivity contribution < 1.29 is 14.6 Å². The number of aryl methyl sites for hydroxylation is 2. The monoisotopic (exact) mass is 258 g/mol. The lowest BCUT2D eigenvalue weighted by Crippen LogP contribution is -2.27. The van der Waals surface area contributed by atoms with Crippen molar-refractivity contribution >= 4 is 5.78 Å². The molecule has 0 heterocycles. The van der Waals surface area contributed by atoms with Gasteiger partial charge in [0.05, 0.1) is 7.11 Å². The highest BCUT2D eigenvalue weighted by Crippen LogP contribution is 2.47. The number of carbonyl (C=O) groups is 1. The van der Waals surface area contributed by atoms with Crippen molar-refractivity contribution in [1.82, 2.24) is 0 Å². The zero-order valence-corrected chi connectivity index (χ0v) is 11.3. The Kier molecular flexibility index (Phi) is 2.85. The Morgan fingerprint density at radius 1 is 1.37 bits per heavy atom. The molecule has 2 atom stereocenters. The Bertz CT molecular complexity index is 572. The number of phenolic OH excluding ortho intramolecular Hbond substituents is 1. The number of carbonyl (C=O) groups excluding carboxylic acids is 1. The van der Waals surface area contributed by atoms with Crippen molar-refractivity contribution in [2.75, 3.05) is 7.11 Å². The summed E-state index contributed by atoms with van der Waals surface area (Å²) in [7, 11) is 1.54. The topological polar surface area (TPSA) is 46.5 Å². The fourth-order valence-corrected chi connectivity index (χ4v) is 3.35. The van der Waals surface area contributed by atoms with Gasteiger partial charge in [-0.05, 0) is 42.9 Å². The lowest BCUT2D eigenvalue weighted by molar-refractivity contribution is -0.119. The first kappa shape index (κ1) is 12.3. The third-order valence-corrected chi connectivity index (χ3v) is 4.41. The molecule has 0 aromatic heterocycles. The fraction of sp³-hybridized carbons (Fsp3) is 0.438. The van der Waals surface area contributed by atoms with Crippen LogP contribution >= 0.6 is 0 Å². The van der Waals surface area contributed by atoms with Crippen LogP contribution in [0.25, 0.3) is 0 Å². The quantitative estimate of drug-likeness (QED) is 0.842. The molecule has 3 nitrogen and oxygen atoms in total. The molecule has 0 radical (unpaired) electrons. The summed E-state index contributed by atoms with van der Waals surface area (Å²) in [6.45, 7) is 1.90. The minimum absolute atomic E-state index is 0.0394. The van der Waals surface area contributed by atoms with Crippen molar-refractivity contribution in [3.05, 3.63) is 40.7 Å². The number of benzene rings is 1.